The molecule has 0 spiro atoms. The lowest BCUT2D eigenvalue weighted by Gasteiger charge is -2.37. The molecule has 2 aliphatic carbocycles. The fourth-order valence-corrected chi connectivity index (χ4v) is 4.47. The zero-order valence-corrected chi connectivity index (χ0v) is 15.8. The Morgan fingerprint density at radius 3 is 2.00 bits per heavy atom. The molecule has 0 heterocycles. The number of hydrogen-bond donors (Lipinski definition) is 0. The number of unbranched alkanes of at least 4 members (excludes halogenated alkanes) is 1. The summed E-state index contributed by atoms with van der Waals surface area (Å²) in [6, 6.07) is 0. The molecule has 24 heavy (non-hydrogen) atoms. The third-order valence-electron chi connectivity index (χ3n) is 6.02. The smallest absolute Gasteiger partial charge is 0.0901 e. The number of ether oxygens (including phenoxy) is 2. The molecular formula is C22H38O2. The molecular weight excluding hydrogens is 296 g/mol. The van der Waals surface area contributed by atoms with Crippen LogP contribution in [0.25, 0.3) is 0 Å². The van der Waals surface area contributed by atoms with E-state index < -0.39 is 0 Å². The second-order valence-electron chi connectivity index (χ2n) is 7.88. The molecule has 0 unspecified atom stereocenters. The van der Waals surface area contributed by atoms with Crippen molar-refractivity contribution in [3.05, 3.63) is 25.0 Å². The van der Waals surface area contributed by atoms with Crippen molar-refractivity contribution in [2.45, 2.75) is 71.1 Å². The molecule has 0 aromatic carbocycles. The quantitative estimate of drug-likeness (QED) is 0.272. The zero-order chi connectivity index (χ0) is 17.0. The summed E-state index contributed by atoms with van der Waals surface area (Å²) in [6.45, 7) is 8.50. The highest BCUT2D eigenvalue weighted by Gasteiger charge is 2.30. The van der Waals surface area contributed by atoms with E-state index in [0.717, 1.165) is 43.3 Å². The summed E-state index contributed by atoms with van der Waals surface area (Å²) in [5.74, 6) is 3.54. The van der Waals surface area contributed by atoms with E-state index in [1.807, 2.05) is 12.3 Å². The van der Waals surface area contributed by atoms with Crippen molar-refractivity contribution in [2.75, 3.05) is 19.8 Å². The molecule has 0 aromatic heterocycles. The number of hydrogen-bond acceptors (Lipinski definition) is 2. The van der Waals surface area contributed by atoms with Crippen LogP contribution in [0, 0.1) is 23.7 Å². The fraction of sp³-hybridized carbons (Fsp3) is 0.818. The molecule has 0 radical (unpaired) electrons. The lowest BCUT2D eigenvalue weighted by molar-refractivity contribution is 0.0725. The second-order valence-corrected chi connectivity index (χ2v) is 7.88. The third-order valence-corrected chi connectivity index (χ3v) is 6.02. The highest BCUT2D eigenvalue weighted by atomic mass is 16.5. The number of allylic oxidation sites excluding steroid dienone is 1. The van der Waals surface area contributed by atoms with Crippen molar-refractivity contribution in [3.63, 3.8) is 0 Å². The van der Waals surface area contributed by atoms with E-state index >= 15 is 0 Å². The summed E-state index contributed by atoms with van der Waals surface area (Å²) in [6.07, 6.45) is 19.4. The third kappa shape index (κ3) is 7.01. The molecule has 0 bridgehead atoms. The van der Waals surface area contributed by atoms with Crippen LogP contribution in [-0.2, 0) is 9.47 Å². The maximum atomic E-state index is 5.72. The van der Waals surface area contributed by atoms with E-state index in [-0.39, 0.29) is 0 Å². The van der Waals surface area contributed by atoms with Gasteiger partial charge in [0, 0.05) is 6.61 Å². The van der Waals surface area contributed by atoms with E-state index in [4.69, 9.17) is 9.47 Å². The first-order chi connectivity index (χ1) is 11.8. The van der Waals surface area contributed by atoms with Gasteiger partial charge in [0.2, 0.25) is 0 Å². The lowest BCUT2D eigenvalue weighted by atomic mass is 9.69. The van der Waals surface area contributed by atoms with Crippen LogP contribution in [0.4, 0.5) is 0 Å². The molecule has 0 aliphatic heterocycles. The Morgan fingerprint density at radius 2 is 1.46 bits per heavy atom. The minimum atomic E-state index is 0.708. The first-order valence-corrected chi connectivity index (χ1v) is 10.3. The van der Waals surface area contributed by atoms with Gasteiger partial charge in [-0.25, -0.2) is 0 Å². The van der Waals surface area contributed by atoms with Gasteiger partial charge in [0.1, 0.15) is 0 Å². The molecule has 2 aliphatic rings. The molecule has 0 N–H and O–H groups in total. The molecule has 2 rings (SSSR count). The van der Waals surface area contributed by atoms with Gasteiger partial charge in [0.25, 0.3) is 0 Å². The van der Waals surface area contributed by atoms with Crippen LogP contribution in [0.15, 0.2) is 25.0 Å². The molecule has 138 valence electrons. The van der Waals surface area contributed by atoms with E-state index in [0.29, 0.717) is 6.61 Å². The van der Waals surface area contributed by atoms with Crippen LogP contribution in [0.1, 0.15) is 71.1 Å². The first kappa shape index (κ1) is 19.6. The van der Waals surface area contributed by atoms with Gasteiger partial charge < -0.3 is 9.47 Å². The maximum Gasteiger partial charge on any atom is 0.0901 e. The second kappa shape index (κ2) is 11.7. The molecule has 2 fully saturated rings. The summed E-state index contributed by atoms with van der Waals surface area (Å²) in [7, 11) is 0. The van der Waals surface area contributed by atoms with Crippen LogP contribution in [-0.4, -0.2) is 19.8 Å². The van der Waals surface area contributed by atoms with Crippen molar-refractivity contribution >= 4 is 0 Å². The van der Waals surface area contributed by atoms with Gasteiger partial charge in [-0.15, -0.1) is 6.58 Å². The molecule has 0 amide bonds. The Hall–Kier alpha value is -0.760. The van der Waals surface area contributed by atoms with Crippen LogP contribution >= 0.6 is 0 Å². The van der Waals surface area contributed by atoms with Crippen LogP contribution in [0.5, 0.6) is 0 Å². The highest BCUT2D eigenvalue weighted by Crippen LogP contribution is 2.41. The van der Waals surface area contributed by atoms with E-state index in [1.54, 1.807) is 0 Å². The van der Waals surface area contributed by atoms with Gasteiger partial charge in [-0.05, 0) is 87.5 Å². The van der Waals surface area contributed by atoms with Gasteiger partial charge in [-0.3, -0.25) is 0 Å². The van der Waals surface area contributed by atoms with Crippen molar-refractivity contribution in [2.24, 2.45) is 23.7 Å². The SMILES string of the molecule is C=CCOC[C@H]1CC[C@H]([C@H]2CC[C@H](COC=CCCC)CC2)CC1. The summed E-state index contributed by atoms with van der Waals surface area (Å²) in [5.41, 5.74) is 0. The van der Waals surface area contributed by atoms with Crippen LogP contribution in [0.3, 0.4) is 0 Å². The van der Waals surface area contributed by atoms with E-state index in [2.05, 4.69) is 19.6 Å². The normalized spacial score (nSPS) is 31.2. The average molecular weight is 335 g/mol. The van der Waals surface area contributed by atoms with Crippen molar-refractivity contribution in [1.82, 2.24) is 0 Å². The minimum absolute atomic E-state index is 0.708. The van der Waals surface area contributed by atoms with Gasteiger partial charge in [-0.1, -0.05) is 19.4 Å². The summed E-state index contributed by atoms with van der Waals surface area (Å²) < 4.78 is 11.4. The van der Waals surface area contributed by atoms with E-state index in [1.165, 1.54) is 57.8 Å². The topological polar surface area (TPSA) is 18.5 Å². The van der Waals surface area contributed by atoms with Gasteiger partial charge in [0.05, 0.1) is 19.5 Å². The molecule has 2 saturated carbocycles. The van der Waals surface area contributed by atoms with Crippen molar-refractivity contribution in [1.29, 1.82) is 0 Å². The van der Waals surface area contributed by atoms with Crippen LogP contribution < -0.4 is 0 Å². The monoisotopic (exact) mass is 334 g/mol. The highest BCUT2D eigenvalue weighted by molar-refractivity contribution is 4.82. The molecule has 0 aromatic rings. The van der Waals surface area contributed by atoms with Crippen molar-refractivity contribution in [3.8, 4) is 0 Å². The molecule has 2 nitrogen and oxygen atoms in total. The van der Waals surface area contributed by atoms with Gasteiger partial charge in [-0.2, -0.15) is 0 Å². The van der Waals surface area contributed by atoms with Gasteiger partial charge >= 0.3 is 0 Å². The van der Waals surface area contributed by atoms with Crippen molar-refractivity contribution < 1.29 is 9.47 Å². The van der Waals surface area contributed by atoms with Crippen LogP contribution in [0.2, 0.25) is 0 Å². The Balaban J connectivity index is 1.57. The summed E-state index contributed by atoms with van der Waals surface area (Å²) in [4.78, 5) is 0. The summed E-state index contributed by atoms with van der Waals surface area (Å²) >= 11 is 0. The zero-order valence-electron chi connectivity index (χ0n) is 15.8. The molecule has 0 saturated heterocycles. The van der Waals surface area contributed by atoms with Gasteiger partial charge in [0.15, 0.2) is 0 Å². The average Bonchev–Trinajstić information content (AvgIpc) is 2.63. The standard InChI is InChI=1S/C22H38O2/c1-3-5-6-16-24-18-20-9-13-22(14-10-20)21-11-7-19(8-12-21)17-23-15-4-2/h4,6,16,19-22H,2-3,5,7-15,17-18H2,1H3/t19-,20-,21-,22-. The Kier molecular flexibility index (Phi) is 9.57. The predicted octanol–water partition coefficient (Wildman–Crippen LogP) is 6.13. The Labute approximate surface area is 149 Å². The van der Waals surface area contributed by atoms with E-state index in [9.17, 15) is 0 Å². The molecule has 0 atom stereocenters. The Bertz CT molecular complexity index is 347. The largest absolute Gasteiger partial charge is 0.501 e. The predicted molar refractivity (Wildman–Crippen MR) is 102 cm³/mol. The lowest BCUT2D eigenvalue weighted by Crippen LogP contribution is -2.28. The first-order valence-electron chi connectivity index (χ1n) is 10.3. The number of rotatable bonds is 10. The minimum Gasteiger partial charge on any atom is -0.501 e. The summed E-state index contributed by atoms with van der Waals surface area (Å²) in [5, 5.41) is 0. The maximum absolute atomic E-state index is 5.72. The fourth-order valence-electron chi connectivity index (χ4n) is 4.47. The molecule has 2 heteroatoms. The Morgan fingerprint density at radius 1 is 0.875 bits per heavy atom.